The van der Waals surface area contributed by atoms with Crippen molar-refractivity contribution in [1.82, 2.24) is 9.13 Å². The van der Waals surface area contributed by atoms with Crippen molar-refractivity contribution in [3.63, 3.8) is 0 Å². The van der Waals surface area contributed by atoms with Crippen LogP contribution in [-0.2, 0) is 6.18 Å². The second kappa shape index (κ2) is 14.4. The Morgan fingerprint density at radius 3 is 1.21 bits per heavy atom. The Hall–Kier alpha value is -8.89. The molecule has 0 N–H and O–H groups in total. The molecule has 8 aromatic carbocycles. The molecule has 0 saturated carbocycles. The van der Waals surface area contributed by atoms with Crippen LogP contribution in [0.5, 0.6) is 0 Å². The second-order valence-electron chi connectivity index (χ2n) is 15.0. The Labute approximate surface area is 352 Å². The van der Waals surface area contributed by atoms with Gasteiger partial charge in [0.15, 0.2) is 0 Å². The number of benzene rings is 8. The fourth-order valence-electron chi connectivity index (χ4n) is 8.56. The zero-order valence-electron chi connectivity index (χ0n) is 32.4. The summed E-state index contributed by atoms with van der Waals surface area (Å²) in [7, 11) is 0. The molecule has 62 heavy (non-hydrogen) atoms. The van der Waals surface area contributed by atoms with Gasteiger partial charge in [-0.1, -0.05) is 84.9 Å². The average Bonchev–Trinajstić information content (AvgIpc) is 3.82. The predicted molar refractivity (Wildman–Crippen MR) is 235 cm³/mol. The van der Waals surface area contributed by atoms with Gasteiger partial charge in [-0.05, 0) is 112 Å². The van der Waals surface area contributed by atoms with Gasteiger partial charge in [-0.2, -0.15) is 34.2 Å². The SMILES string of the molecule is N#Cc1ccc(-c2ccc3c4ccccc4n(-c4cc(-c5cc(C#N)cc(C(F)(F)F)c5)cc(-n5c6ccccc6c6ccc(-c7ccc(C#N)cc7)cc65)c4C#N)c3c2)cc1. The van der Waals surface area contributed by atoms with Crippen molar-refractivity contribution in [1.29, 1.82) is 21.0 Å². The van der Waals surface area contributed by atoms with Gasteiger partial charge < -0.3 is 9.13 Å². The molecule has 0 spiro atoms. The van der Waals surface area contributed by atoms with Crippen LogP contribution >= 0.6 is 0 Å². The lowest BCUT2D eigenvalue weighted by Gasteiger charge is -2.19. The van der Waals surface area contributed by atoms with Crippen molar-refractivity contribution in [3.05, 3.63) is 192 Å². The van der Waals surface area contributed by atoms with E-state index >= 15 is 0 Å². The quantitative estimate of drug-likeness (QED) is 0.173. The minimum absolute atomic E-state index is 0.154. The first-order valence-corrected chi connectivity index (χ1v) is 19.5. The lowest BCUT2D eigenvalue weighted by molar-refractivity contribution is -0.137. The fraction of sp³-hybridized carbons (Fsp3) is 0.0189. The van der Waals surface area contributed by atoms with Crippen LogP contribution < -0.4 is 0 Å². The van der Waals surface area contributed by atoms with Crippen LogP contribution in [0.15, 0.2) is 164 Å². The molecule has 0 fully saturated rings. The van der Waals surface area contributed by atoms with Gasteiger partial charge >= 0.3 is 6.18 Å². The third kappa shape index (κ3) is 6.09. The lowest BCUT2D eigenvalue weighted by Crippen LogP contribution is -2.07. The van der Waals surface area contributed by atoms with Gasteiger partial charge in [-0.15, -0.1) is 0 Å². The summed E-state index contributed by atoms with van der Waals surface area (Å²) in [5.41, 5.74) is 8.04. The van der Waals surface area contributed by atoms with Gasteiger partial charge in [0.05, 0.1) is 73.9 Å². The van der Waals surface area contributed by atoms with Gasteiger partial charge in [-0.3, -0.25) is 0 Å². The Morgan fingerprint density at radius 2 is 0.774 bits per heavy atom. The Balaban J connectivity index is 1.34. The number of alkyl halides is 3. The largest absolute Gasteiger partial charge is 0.416 e. The maximum Gasteiger partial charge on any atom is 0.416 e. The molecular weight excluding hydrogens is 778 g/mol. The third-order valence-corrected chi connectivity index (χ3v) is 11.5. The molecule has 9 heteroatoms. The van der Waals surface area contributed by atoms with E-state index in [-0.39, 0.29) is 16.7 Å². The van der Waals surface area contributed by atoms with Crippen molar-refractivity contribution in [2.24, 2.45) is 0 Å². The average molecular weight is 805 g/mol. The molecule has 0 unspecified atom stereocenters. The first-order chi connectivity index (χ1) is 30.2. The number of rotatable bonds is 5. The Kier molecular flexibility index (Phi) is 8.70. The van der Waals surface area contributed by atoms with Crippen LogP contribution in [0.1, 0.15) is 27.8 Å². The fourth-order valence-corrected chi connectivity index (χ4v) is 8.56. The molecule has 0 aliphatic rings. The molecule has 10 aromatic rings. The minimum Gasteiger partial charge on any atom is -0.308 e. The maximum absolute atomic E-state index is 14.5. The van der Waals surface area contributed by atoms with Crippen LogP contribution in [0.4, 0.5) is 13.2 Å². The zero-order chi connectivity index (χ0) is 42.7. The van der Waals surface area contributed by atoms with E-state index in [1.807, 2.05) is 124 Å². The maximum atomic E-state index is 14.5. The van der Waals surface area contributed by atoms with Gasteiger partial charge in [0, 0.05) is 21.5 Å². The highest BCUT2D eigenvalue weighted by Gasteiger charge is 2.32. The molecule has 2 heterocycles. The van der Waals surface area contributed by atoms with Crippen LogP contribution in [0, 0.1) is 45.3 Å². The topological polar surface area (TPSA) is 105 Å². The zero-order valence-corrected chi connectivity index (χ0v) is 32.4. The van der Waals surface area contributed by atoms with Crippen LogP contribution in [-0.4, -0.2) is 9.13 Å². The molecule has 2 aromatic heterocycles. The lowest BCUT2D eigenvalue weighted by atomic mass is 9.96. The minimum atomic E-state index is -4.73. The van der Waals surface area contributed by atoms with Crippen molar-refractivity contribution >= 4 is 43.6 Å². The van der Waals surface area contributed by atoms with E-state index in [0.29, 0.717) is 28.1 Å². The number of nitrogens with zero attached hydrogens (tertiary/aromatic N) is 6. The molecule has 0 saturated heterocycles. The molecular formula is C53H27F3N6. The predicted octanol–water partition coefficient (Wildman–Crippen LogP) is 13.4. The van der Waals surface area contributed by atoms with Crippen molar-refractivity contribution in [2.75, 3.05) is 0 Å². The summed E-state index contributed by atoms with van der Waals surface area (Å²) in [5, 5.41) is 43.9. The smallest absolute Gasteiger partial charge is 0.308 e. The summed E-state index contributed by atoms with van der Waals surface area (Å²) in [4.78, 5) is 0. The number of halogens is 3. The number of fused-ring (bicyclic) bond motifs is 6. The van der Waals surface area contributed by atoms with E-state index in [4.69, 9.17) is 0 Å². The van der Waals surface area contributed by atoms with E-state index in [1.165, 1.54) is 6.07 Å². The molecule has 10 rings (SSSR count). The molecule has 0 amide bonds. The van der Waals surface area contributed by atoms with E-state index in [9.17, 15) is 34.2 Å². The normalized spacial score (nSPS) is 11.4. The van der Waals surface area contributed by atoms with E-state index in [0.717, 1.165) is 78.0 Å². The summed E-state index contributed by atoms with van der Waals surface area (Å²) >= 11 is 0. The third-order valence-electron chi connectivity index (χ3n) is 11.5. The molecule has 0 radical (unpaired) electrons. The summed E-state index contributed by atoms with van der Waals surface area (Å²) in [5.74, 6) is 0. The van der Waals surface area contributed by atoms with Crippen molar-refractivity contribution in [2.45, 2.75) is 6.18 Å². The molecule has 0 aliphatic carbocycles. The molecule has 0 aliphatic heterocycles. The summed E-state index contributed by atoms with van der Waals surface area (Å²) in [6, 6.07) is 57.7. The highest BCUT2D eigenvalue weighted by atomic mass is 19.4. The summed E-state index contributed by atoms with van der Waals surface area (Å²) < 4.78 is 47.4. The Bertz CT molecular complexity index is 3460. The number of hydrogen-bond donors (Lipinski definition) is 0. The van der Waals surface area contributed by atoms with E-state index in [2.05, 4.69) is 18.2 Å². The second-order valence-corrected chi connectivity index (χ2v) is 15.0. The standard InChI is InChI=1S/C53H27F3N6/c54-53(55,56)41-22-34(30-59)21-39(23-41)40-26-51(61-47-7-3-1-5-42(47)44-19-17-37(24-49(44)61)35-13-9-32(28-57)10-14-35)46(31-60)52(27-40)62-48-8-4-2-6-43(48)45-20-18-38(25-50(45)62)36-15-11-33(29-58)12-16-36/h1-27H. The number of aromatic nitrogens is 2. The van der Waals surface area contributed by atoms with Crippen molar-refractivity contribution < 1.29 is 13.2 Å². The molecule has 0 atom stereocenters. The highest BCUT2D eigenvalue weighted by Crippen LogP contribution is 2.43. The number of nitriles is 4. The molecule has 0 bridgehead atoms. The van der Waals surface area contributed by atoms with E-state index < -0.39 is 11.7 Å². The first-order valence-electron chi connectivity index (χ1n) is 19.5. The van der Waals surface area contributed by atoms with Gasteiger partial charge in [-0.25, -0.2) is 0 Å². The summed E-state index contributed by atoms with van der Waals surface area (Å²) in [6.07, 6.45) is -4.73. The van der Waals surface area contributed by atoms with Gasteiger partial charge in [0.1, 0.15) is 11.6 Å². The Morgan fingerprint density at radius 1 is 0.355 bits per heavy atom. The number of hydrogen-bond acceptors (Lipinski definition) is 4. The van der Waals surface area contributed by atoms with E-state index in [1.54, 1.807) is 36.4 Å². The first kappa shape index (κ1) is 37.4. The van der Waals surface area contributed by atoms with Gasteiger partial charge in [0.25, 0.3) is 0 Å². The molecule has 290 valence electrons. The monoisotopic (exact) mass is 804 g/mol. The summed E-state index contributed by atoms with van der Waals surface area (Å²) in [6.45, 7) is 0. The van der Waals surface area contributed by atoms with Crippen LogP contribution in [0.3, 0.4) is 0 Å². The van der Waals surface area contributed by atoms with Gasteiger partial charge in [0.2, 0.25) is 0 Å². The van der Waals surface area contributed by atoms with Crippen LogP contribution in [0.25, 0.3) is 88.4 Å². The molecule has 6 nitrogen and oxygen atoms in total. The highest BCUT2D eigenvalue weighted by molar-refractivity contribution is 6.12. The van der Waals surface area contributed by atoms with Crippen molar-refractivity contribution in [3.8, 4) is 69.0 Å². The van der Waals surface area contributed by atoms with Crippen LogP contribution in [0.2, 0.25) is 0 Å². The number of para-hydroxylation sites is 2.